The average Bonchev–Trinajstić information content (AvgIpc) is 2.04. The molecule has 1 aromatic carbocycles. The van der Waals surface area contributed by atoms with Gasteiger partial charge in [-0.1, -0.05) is 29.8 Å². The Labute approximate surface area is 82.2 Å². The molecule has 70 valence electrons. The van der Waals surface area contributed by atoms with Crippen LogP contribution >= 0.6 is 11.6 Å². The number of halogens is 1. The van der Waals surface area contributed by atoms with Crippen molar-refractivity contribution in [1.29, 1.82) is 0 Å². The molecule has 0 aromatic heterocycles. The lowest BCUT2D eigenvalue weighted by atomic mass is 9.85. The van der Waals surface area contributed by atoms with Crippen molar-refractivity contribution in [2.24, 2.45) is 0 Å². The summed E-state index contributed by atoms with van der Waals surface area (Å²) in [5.74, 6) is -0.874. The van der Waals surface area contributed by atoms with Crippen molar-refractivity contribution < 1.29 is 9.90 Å². The summed E-state index contributed by atoms with van der Waals surface area (Å²) < 4.78 is 0. The second kappa shape index (κ2) is 3.38. The molecule has 1 aromatic rings. The largest absolute Gasteiger partial charge is 0.481 e. The van der Waals surface area contributed by atoms with E-state index in [0.717, 1.165) is 0 Å². The Bertz CT molecular complexity index is 331. The van der Waals surface area contributed by atoms with Gasteiger partial charge in [-0.3, -0.25) is 4.79 Å². The molecule has 0 bridgehead atoms. The van der Waals surface area contributed by atoms with Crippen molar-refractivity contribution in [3.8, 4) is 0 Å². The van der Waals surface area contributed by atoms with E-state index >= 15 is 0 Å². The van der Waals surface area contributed by atoms with E-state index in [1.54, 1.807) is 38.1 Å². The van der Waals surface area contributed by atoms with Crippen LogP contribution in [0.2, 0.25) is 5.02 Å². The number of aliphatic carboxylic acids is 1. The number of benzene rings is 1. The Hall–Kier alpha value is -1.02. The minimum Gasteiger partial charge on any atom is -0.481 e. The third-order valence-corrected chi connectivity index (χ3v) is 2.41. The normalized spacial score (nSPS) is 11.3. The first-order valence-electron chi connectivity index (χ1n) is 3.94. The van der Waals surface area contributed by atoms with Crippen LogP contribution in [0.25, 0.3) is 0 Å². The molecule has 0 aliphatic heterocycles. The topological polar surface area (TPSA) is 37.3 Å². The summed E-state index contributed by atoms with van der Waals surface area (Å²) in [5.41, 5.74) is -0.289. The number of carbonyl (C=O) groups is 1. The second-order valence-corrected chi connectivity index (χ2v) is 3.82. The standard InChI is InChI=1S/C10H11ClO2/c1-10(2,9(12)13)7-5-3-4-6-8(7)11/h3-6H,1-2H3,(H,12,13). The first kappa shape index (κ1) is 10.1. The Morgan fingerprint density at radius 1 is 1.38 bits per heavy atom. The summed E-state index contributed by atoms with van der Waals surface area (Å²) in [6.45, 7) is 3.27. The number of hydrogen-bond donors (Lipinski definition) is 1. The minimum absolute atomic E-state index is 0.495. The van der Waals surface area contributed by atoms with Gasteiger partial charge in [0.1, 0.15) is 0 Å². The molecule has 0 fully saturated rings. The van der Waals surface area contributed by atoms with Crippen LogP contribution in [-0.2, 0) is 10.2 Å². The van der Waals surface area contributed by atoms with E-state index in [9.17, 15) is 4.79 Å². The van der Waals surface area contributed by atoms with Gasteiger partial charge in [-0.15, -0.1) is 0 Å². The lowest BCUT2D eigenvalue weighted by Crippen LogP contribution is -2.28. The van der Waals surface area contributed by atoms with Crippen molar-refractivity contribution in [3.63, 3.8) is 0 Å². The first-order chi connectivity index (χ1) is 5.96. The molecular formula is C10H11ClO2. The highest BCUT2D eigenvalue weighted by Crippen LogP contribution is 2.29. The van der Waals surface area contributed by atoms with E-state index in [-0.39, 0.29) is 0 Å². The van der Waals surface area contributed by atoms with Crippen LogP contribution in [0.5, 0.6) is 0 Å². The predicted molar refractivity (Wildman–Crippen MR) is 52.1 cm³/mol. The molecule has 0 aliphatic rings. The lowest BCUT2D eigenvalue weighted by molar-refractivity contribution is -0.142. The predicted octanol–water partition coefficient (Wildman–Crippen LogP) is 2.70. The van der Waals surface area contributed by atoms with Gasteiger partial charge in [0.15, 0.2) is 0 Å². The molecule has 0 atom stereocenters. The van der Waals surface area contributed by atoms with Gasteiger partial charge in [-0.25, -0.2) is 0 Å². The van der Waals surface area contributed by atoms with Crippen molar-refractivity contribution in [1.82, 2.24) is 0 Å². The van der Waals surface area contributed by atoms with Crippen molar-refractivity contribution in [3.05, 3.63) is 34.9 Å². The SMILES string of the molecule is CC(C)(C(=O)O)c1ccccc1Cl. The van der Waals surface area contributed by atoms with E-state index in [1.165, 1.54) is 0 Å². The van der Waals surface area contributed by atoms with Gasteiger partial charge in [0, 0.05) is 5.02 Å². The monoisotopic (exact) mass is 198 g/mol. The third kappa shape index (κ3) is 1.83. The second-order valence-electron chi connectivity index (χ2n) is 3.41. The summed E-state index contributed by atoms with van der Waals surface area (Å²) in [4.78, 5) is 10.9. The van der Waals surface area contributed by atoms with Gasteiger partial charge in [0.05, 0.1) is 5.41 Å². The summed E-state index contributed by atoms with van der Waals surface area (Å²) in [7, 11) is 0. The Morgan fingerprint density at radius 2 is 1.92 bits per heavy atom. The molecule has 1 N–H and O–H groups in total. The van der Waals surface area contributed by atoms with Crippen molar-refractivity contribution >= 4 is 17.6 Å². The summed E-state index contributed by atoms with van der Waals surface area (Å²) in [6.07, 6.45) is 0. The highest BCUT2D eigenvalue weighted by Gasteiger charge is 2.30. The molecule has 13 heavy (non-hydrogen) atoms. The molecule has 0 radical (unpaired) electrons. The van der Waals surface area contributed by atoms with Crippen LogP contribution < -0.4 is 0 Å². The maximum absolute atomic E-state index is 10.9. The number of carboxylic acids is 1. The van der Waals surface area contributed by atoms with Crippen LogP contribution in [0, 0.1) is 0 Å². The molecule has 0 aliphatic carbocycles. The third-order valence-electron chi connectivity index (χ3n) is 2.08. The Kier molecular flexibility index (Phi) is 2.62. The summed E-state index contributed by atoms with van der Waals surface area (Å²) in [6, 6.07) is 6.99. The number of hydrogen-bond acceptors (Lipinski definition) is 1. The van der Waals surface area contributed by atoms with Crippen LogP contribution in [0.15, 0.2) is 24.3 Å². The van der Waals surface area contributed by atoms with Gasteiger partial charge in [-0.2, -0.15) is 0 Å². The summed E-state index contributed by atoms with van der Waals surface area (Å²) >= 11 is 5.89. The molecule has 0 spiro atoms. The minimum atomic E-state index is -0.932. The first-order valence-corrected chi connectivity index (χ1v) is 4.32. The van der Waals surface area contributed by atoms with Crippen LogP contribution in [0.1, 0.15) is 19.4 Å². The van der Waals surface area contributed by atoms with E-state index in [4.69, 9.17) is 16.7 Å². The number of carboxylic acid groups (broad SMARTS) is 1. The zero-order chi connectivity index (χ0) is 10.1. The van der Waals surface area contributed by atoms with Crippen LogP contribution in [-0.4, -0.2) is 11.1 Å². The fraction of sp³-hybridized carbons (Fsp3) is 0.300. The van der Waals surface area contributed by atoms with Crippen LogP contribution in [0.3, 0.4) is 0 Å². The number of rotatable bonds is 2. The van der Waals surface area contributed by atoms with E-state index in [2.05, 4.69) is 0 Å². The van der Waals surface area contributed by atoms with Crippen LogP contribution in [0.4, 0.5) is 0 Å². The van der Waals surface area contributed by atoms with E-state index < -0.39 is 11.4 Å². The summed E-state index contributed by atoms with van der Waals surface area (Å²) in [5, 5.41) is 9.46. The molecule has 0 heterocycles. The molecule has 0 amide bonds. The molecule has 0 unspecified atom stereocenters. The highest BCUT2D eigenvalue weighted by atomic mass is 35.5. The van der Waals surface area contributed by atoms with Gasteiger partial charge < -0.3 is 5.11 Å². The van der Waals surface area contributed by atoms with Gasteiger partial charge >= 0.3 is 5.97 Å². The maximum Gasteiger partial charge on any atom is 0.313 e. The molecule has 0 saturated heterocycles. The zero-order valence-electron chi connectivity index (χ0n) is 7.54. The molecule has 2 nitrogen and oxygen atoms in total. The zero-order valence-corrected chi connectivity index (χ0v) is 8.30. The smallest absolute Gasteiger partial charge is 0.313 e. The average molecular weight is 199 g/mol. The quantitative estimate of drug-likeness (QED) is 0.794. The fourth-order valence-electron chi connectivity index (χ4n) is 1.08. The van der Waals surface area contributed by atoms with E-state index in [0.29, 0.717) is 10.6 Å². The van der Waals surface area contributed by atoms with E-state index in [1.807, 2.05) is 0 Å². The van der Waals surface area contributed by atoms with Crippen molar-refractivity contribution in [2.45, 2.75) is 19.3 Å². The Balaban J connectivity index is 3.22. The van der Waals surface area contributed by atoms with Crippen molar-refractivity contribution in [2.75, 3.05) is 0 Å². The molecule has 1 rings (SSSR count). The fourth-order valence-corrected chi connectivity index (χ4v) is 1.46. The molecule has 3 heteroatoms. The maximum atomic E-state index is 10.9. The molecular weight excluding hydrogens is 188 g/mol. The Morgan fingerprint density at radius 3 is 2.38 bits per heavy atom. The molecule has 0 saturated carbocycles. The van der Waals surface area contributed by atoms with Gasteiger partial charge in [0.25, 0.3) is 0 Å². The van der Waals surface area contributed by atoms with Gasteiger partial charge in [0.2, 0.25) is 0 Å². The lowest BCUT2D eigenvalue weighted by Gasteiger charge is -2.20. The highest BCUT2D eigenvalue weighted by molar-refractivity contribution is 6.31. The van der Waals surface area contributed by atoms with Gasteiger partial charge in [-0.05, 0) is 25.5 Å².